The van der Waals surface area contributed by atoms with E-state index in [4.69, 9.17) is 12.2 Å². The van der Waals surface area contributed by atoms with Gasteiger partial charge in [-0.1, -0.05) is 15.9 Å². The van der Waals surface area contributed by atoms with Gasteiger partial charge in [-0.15, -0.1) is 0 Å². The van der Waals surface area contributed by atoms with Gasteiger partial charge in [-0.25, -0.2) is 0 Å². The Morgan fingerprint density at radius 3 is 3.18 bits per heavy atom. The van der Waals surface area contributed by atoms with E-state index in [0.29, 0.717) is 0 Å². The van der Waals surface area contributed by atoms with E-state index in [2.05, 4.69) is 49.4 Å². The lowest BCUT2D eigenvalue weighted by molar-refractivity contribution is 0.645. The first kappa shape index (κ1) is 11.8. The van der Waals surface area contributed by atoms with Gasteiger partial charge in [0, 0.05) is 16.3 Å². The topological polar surface area (TPSA) is 20.7 Å². The lowest BCUT2D eigenvalue weighted by atomic mass is 10.2. The number of hydrogen-bond acceptors (Lipinski definition) is 2. The smallest absolute Gasteiger partial charge is 0.178 e. The summed E-state index contributed by atoms with van der Waals surface area (Å²) in [4.78, 5) is 3.28. The molecule has 1 saturated heterocycles. The molecular formula is C12H13BrN2S2. The summed E-state index contributed by atoms with van der Waals surface area (Å²) in [6.07, 6.45) is 2.65. The van der Waals surface area contributed by atoms with Crippen LogP contribution in [0.1, 0.15) is 12.8 Å². The molecule has 2 aromatic rings. The molecule has 0 amide bonds. The first-order chi connectivity index (χ1) is 8.24. The van der Waals surface area contributed by atoms with E-state index in [1.54, 1.807) is 0 Å². The van der Waals surface area contributed by atoms with E-state index in [-0.39, 0.29) is 0 Å². The maximum absolute atomic E-state index is 5.41. The minimum atomic E-state index is 0.722. The molecule has 0 bridgehead atoms. The van der Waals surface area contributed by atoms with Gasteiger partial charge in [-0.2, -0.15) is 11.8 Å². The van der Waals surface area contributed by atoms with Crippen molar-refractivity contribution in [3.05, 3.63) is 27.4 Å². The van der Waals surface area contributed by atoms with Crippen LogP contribution in [0.2, 0.25) is 0 Å². The van der Waals surface area contributed by atoms with E-state index in [0.717, 1.165) is 26.6 Å². The highest BCUT2D eigenvalue weighted by Gasteiger charge is 2.17. The minimum Gasteiger partial charge on any atom is -0.331 e. The zero-order valence-corrected chi connectivity index (χ0v) is 12.5. The molecule has 1 fully saturated rings. The number of halogens is 1. The zero-order chi connectivity index (χ0) is 11.8. The standard InChI is InChI=1S/C12H13BrN2S2/c13-8-3-4-10-11(6-8)15(12(16)14-10)7-9-2-1-5-17-9/h3-4,6,9H,1-2,5,7H2,(H,14,16). The summed E-state index contributed by atoms with van der Waals surface area (Å²) in [5.74, 6) is 1.30. The maximum Gasteiger partial charge on any atom is 0.178 e. The second kappa shape index (κ2) is 4.78. The first-order valence-corrected chi connectivity index (χ1v) is 7.99. The van der Waals surface area contributed by atoms with E-state index >= 15 is 0 Å². The Labute approximate surface area is 118 Å². The van der Waals surface area contributed by atoms with Gasteiger partial charge in [0.15, 0.2) is 4.77 Å². The predicted octanol–water partition coefficient (Wildman–Crippen LogP) is 4.36. The number of aromatic amines is 1. The number of H-pyrrole nitrogens is 1. The van der Waals surface area contributed by atoms with Gasteiger partial charge in [0.25, 0.3) is 0 Å². The molecule has 1 aromatic carbocycles. The third-order valence-electron chi connectivity index (χ3n) is 3.15. The van der Waals surface area contributed by atoms with Gasteiger partial charge < -0.3 is 9.55 Å². The average Bonchev–Trinajstić information content (AvgIpc) is 2.90. The first-order valence-electron chi connectivity index (χ1n) is 5.74. The Morgan fingerprint density at radius 2 is 2.41 bits per heavy atom. The summed E-state index contributed by atoms with van der Waals surface area (Å²) in [6.45, 7) is 1.03. The second-order valence-electron chi connectivity index (χ2n) is 4.34. The Hall–Kier alpha value is -0.260. The van der Waals surface area contributed by atoms with Crippen molar-refractivity contribution >= 4 is 50.9 Å². The van der Waals surface area contributed by atoms with Crippen LogP contribution in [0.4, 0.5) is 0 Å². The fourth-order valence-corrected chi connectivity index (χ4v) is 4.19. The number of fused-ring (bicyclic) bond motifs is 1. The van der Waals surface area contributed by atoms with Crippen LogP contribution >= 0.6 is 39.9 Å². The number of nitrogens with one attached hydrogen (secondary N) is 1. The molecule has 1 unspecified atom stereocenters. The van der Waals surface area contributed by atoms with Gasteiger partial charge in [0.05, 0.1) is 11.0 Å². The summed E-state index contributed by atoms with van der Waals surface area (Å²) in [7, 11) is 0. The number of imidazole rings is 1. The SMILES string of the molecule is S=c1[nH]c2ccc(Br)cc2n1CC1CCCS1. The molecule has 17 heavy (non-hydrogen) atoms. The van der Waals surface area contributed by atoms with Crippen LogP contribution in [0.15, 0.2) is 22.7 Å². The molecule has 0 spiro atoms. The van der Waals surface area contributed by atoms with Crippen LogP contribution in [0, 0.1) is 4.77 Å². The number of aromatic nitrogens is 2. The third kappa shape index (κ3) is 2.33. The Morgan fingerprint density at radius 1 is 1.53 bits per heavy atom. The molecular weight excluding hydrogens is 316 g/mol. The van der Waals surface area contributed by atoms with Crippen molar-refractivity contribution in [1.29, 1.82) is 0 Å². The number of benzene rings is 1. The Kier molecular flexibility index (Phi) is 3.32. The molecule has 1 aliphatic heterocycles. The molecule has 1 N–H and O–H groups in total. The minimum absolute atomic E-state index is 0.722. The van der Waals surface area contributed by atoms with E-state index in [1.807, 2.05) is 6.07 Å². The molecule has 2 heterocycles. The van der Waals surface area contributed by atoms with E-state index in [9.17, 15) is 0 Å². The number of rotatable bonds is 2. The van der Waals surface area contributed by atoms with Crippen molar-refractivity contribution in [1.82, 2.24) is 9.55 Å². The van der Waals surface area contributed by atoms with Crippen LogP contribution in [0.5, 0.6) is 0 Å². The van der Waals surface area contributed by atoms with Crippen LogP contribution in [-0.4, -0.2) is 20.6 Å². The van der Waals surface area contributed by atoms with Crippen molar-refractivity contribution in [3.8, 4) is 0 Å². The number of hydrogen-bond donors (Lipinski definition) is 1. The van der Waals surface area contributed by atoms with Gasteiger partial charge in [-0.3, -0.25) is 0 Å². The summed E-state index contributed by atoms with van der Waals surface area (Å²) in [6, 6.07) is 6.26. The quantitative estimate of drug-likeness (QED) is 0.827. The van der Waals surface area contributed by atoms with Crippen molar-refractivity contribution in [2.24, 2.45) is 0 Å². The molecule has 5 heteroatoms. The highest BCUT2D eigenvalue weighted by Crippen LogP contribution is 2.29. The predicted molar refractivity (Wildman–Crippen MR) is 80.3 cm³/mol. The van der Waals surface area contributed by atoms with E-state index in [1.165, 1.54) is 24.1 Å². The van der Waals surface area contributed by atoms with Crippen LogP contribution < -0.4 is 0 Å². The van der Waals surface area contributed by atoms with Crippen molar-refractivity contribution in [3.63, 3.8) is 0 Å². The van der Waals surface area contributed by atoms with Crippen molar-refractivity contribution in [2.75, 3.05) is 5.75 Å². The molecule has 2 nitrogen and oxygen atoms in total. The van der Waals surface area contributed by atoms with Gasteiger partial charge >= 0.3 is 0 Å². The van der Waals surface area contributed by atoms with Crippen LogP contribution in [0.3, 0.4) is 0 Å². The monoisotopic (exact) mass is 328 g/mol. The fourth-order valence-electron chi connectivity index (χ4n) is 2.30. The number of thioether (sulfide) groups is 1. The van der Waals surface area contributed by atoms with Gasteiger partial charge in [0.2, 0.25) is 0 Å². The summed E-state index contributed by atoms with van der Waals surface area (Å²) in [5.41, 5.74) is 2.33. The molecule has 1 aromatic heterocycles. The maximum atomic E-state index is 5.41. The molecule has 1 aliphatic rings. The van der Waals surface area contributed by atoms with Crippen molar-refractivity contribution < 1.29 is 0 Å². The zero-order valence-electron chi connectivity index (χ0n) is 9.28. The molecule has 0 radical (unpaired) electrons. The third-order valence-corrected chi connectivity index (χ3v) is 5.34. The fraction of sp³-hybridized carbons (Fsp3) is 0.417. The van der Waals surface area contributed by atoms with E-state index < -0.39 is 0 Å². The van der Waals surface area contributed by atoms with Crippen LogP contribution in [0.25, 0.3) is 11.0 Å². The Bertz CT molecular complexity index is 596. The normalized spacial score (nSPS) is 20.2. The molecule has 1 atom stereocenters. The molecule has 0 aliphatic carbocycles. The lowest BCUT2D eigenvalue weighted by Gasteiger charge is -2.10. The number of nitrogens with zero attached hydrogens (tertiary/aromatic N) is 1. The average molecular weight is 329 g/mol. The highest BCUT2D eigenvalue weighted by molar-refractivity contribution is 9.10. The summed E-state index contributed by atoms with van der Waals surface area (Å²) < 4.78 is 4.18. The summed E-state index contributed by atoms with van der Waals surface area (Å²) in [5, 5.41) is 0.722. The van der Waals surface area contributed by atoms with Gasteiger partial charge in [0.1, 0.15) is 0 Å². The van der Waals surface area contributed by atoms with Gasteiger partial charge in [-0.05, 0) is 49.0 Å². The largest absolute Gasteiger partial charge is 0.331 e. The summed E-state index contributed by atoms with van der Waals surface area (Å²) >= 11 is 11.0. The molecule has 0 saturated carbocycles. The molecule has 3 rings (SSSR count). The lowest BCUT2D eigenvalue weighted by Crippen LogP contribution is -2.09. The van der Waals surface area contributed by atoms with Crippen molar-refractivity contribution in [2.45, 2.75) is 24.6 Å². The Balaban J connectivity index is 2.04. The molecule has 90 valence electrons. The highest BCUT2D eigenvalue weighted by atomic mass is 79.9. The second-order valence-corrected chi connectivity index (χ2v) is 7.05. The van der Waals surface area contributed by atoms with Crippen LogP contribution in [-0.2, 0) is 6.54 Å².